The van der Waals surface area contributed by atoms with Crippen LogP contribution in [-0.4, -0.2) is 25.0 Å². The van der Waals surface area contributed by atoms with Crippen molar-refractivity contribution < 1.29 is 14.3 Å². The summed E-state index contributed by atoms with van der Waals surface area (Å²) in [6.45, 7) is 5.62. The van der Waals surface area contributed by atoms with Crippen LogP contribution in [0.5, 0.6) is 0 Å². The number of methoxy groups -OCH3 is 1. The maximum atomic E-state index is 12.0. The molecule has 1 atom stereocenters. The first-order chi connectivity index (χ1) is 9.16. The fraction of sp³-hybridized carbons (Fsp3) is 0.429. The molecule has 0 saturated carbocycles. The van der Waals surface area contributed by atoms with Crippen molar-refractivity contribution >= 4 is 29.2 Å². The molecule has 1 aromatic carbocycles. The third-order valence-corrected chi connectivity index (χ3v) is 3.18. The predicted octanol–water partition coefficient (Wildman–Crippen LogP) is 2.44. The van der Waals surface area contributed by atoms with Gasteiger partial charge in [0.05, 0.1) is 23.7 Å². The number of nitrogens with two attached hydrogens (primary N) is 1. The third kappa shape index (κ3) is 3.95. The molecule has 0 unspecified atom stereocenters. The summed E-state index contributed by atoms with van der Waals surface area (Å²) in [5.74, 6) is -0.887. The van der Waals surface area contributed by atoms with Gasteiger partial charge in [-0.05, 0) is 23.6 Å². The fourth-order valence-electron chi connectivity index (χ4n) is 1.48. The Bertz CT molecular complexity index is 524. The summed E-state index contributed by atoms with van der Waals surface area (Å²) in [6.07, 6.45) is 0. The van der Waals surface area contributed by atoms with Crippen LogP contribution in [-0.2, 0) is 9.53 Å². The highest BCUT2D eigenvalue weighted by molar-refractivity contribution is 6.33. The minimum absolute atomic E-state index is 0.191. The largest absolute Gasteiger partial charge is 0.465 e. The number of benzene rings is 1. The van der Waals surface area contributed by atoms with Crippen LogP contribution in [0.25, 0.3) is 0 Å². The number of carbonyl (C=O) groups excluding carboxylic acids is 2. The van der Waals surface area contributed by atoms with Gasteiger partial charge in [-0.3, -0.25) is 4.79 Å². The molecule has 0 heterocycles. The number of halogens is 1. The van der Waals surface area contributed by atoms with E-state index in [1.165, 1.54) is 19.2 Å². The van der Waals surface area contributed by atoms with Gasteiger partial charge in [0.25, 0.3) is 0 Å². The third-order valence-electron chi connectivity index (χ3n) is 2.85. The molecule has 1 aromatic rings. The lowest BCUT2D eigenvalue weighted by molar-refractivity contribution is -0.119. The zero-order valence-electron chi connectivity index (χ0n) is 12.0. The number of anilines is 1. The first-order valence-corrected chi connectivity index (χ1v) is 6.49. The lowest BCUT2D eigenvalue weighted by Crippen LogP contribution is -2.45. The van der Waals surface area contributed by atoms with Crippen LogP contribution in [0, 0.1) is 5.41 Å². The topological polar surface area (TPSA) is 81.4 Å². The molecule has 0 aromatic heterocycles. The van der Waals surface area contributed by atoms with E-state index in [1.807, 2.05) is 20.8 Å². The van der Waals surface area contributed by atoms with Crippen molar-refractivity contribution in [3.63, 3.8) is 0 Å². The van der Waals surface area contributed by atoms with Crippen molar-refractivity contribution in [1.29, 1.82) is 0 Å². The number of ether oxygens (including phenoxy) is 1. The summed E-state index contributed by atoms with van der Waals surface area (Å²) in [7, 11) is 1.26. The van der Waals surface area contributed by atoms with Crippen LogP contribution < -0.4 is 11.1 Å². The molecular weight excluding hydrogens is 280 g/mol. The van der Waals surface area contributed by atoms with Gasteiger partial charge in [-0.2, -0.15) is 0 Å². The molecule has 0 aliphatic rings. The number of carbonyl (C=O) groups is 2. The van der Waals surface area contributed by atoms with E-state index in [4.69, 9.17) is 17.3 Å². The molecule has 0 spiro atoms. The van der Waals surface area contributed by atoms with Crippen molar-refractivity contribution in [2.45, 2.75) is 26.8 Å². The summed E-state index contributed by atoms with van der Waals surface area (Å²) in [5, 5.41) is 2.92. The molecule has 0 fully saturated rings. The normalized spacial score (nSPS) is 12.7. The molecule has 1 amide bonds. The zero-order valence-corrected chi connectivity index (χ0v) is 12.7. The maximum absolute atomic E-state index is 12.0. The Balaban J connectivity index is 2.94. The Morgan fingerprint density at radius 2 is 1.95 bits per heavy atom. The number of nitrogens with one attached hydrogen (secondary N) is 1. The predicted molar refractivity (Wildman–Crippen MR) is 78.9 cm³/mol. The molecular formula is C14H19ClN2O3. The average Bonchev–Trinajstić information content (AvgIpc) is 2.38. The first kappa shape index (κ1) is 16.5. The second-order valence-corrected chi connectivity index (χ2v) is 5.93. The maximum Gasteiger partial charge on any atom is 0.339 e. The molecule has 110 valence electrons. The van der Waals surface area contributed by atoms with E-state index in [1.54, 1.807) is 6.07 Å². The van der Waals surface area contributed by atoms with Crippen LogP contribution in [0.4, 0.5) is 5.69 Å². The fourth-order valence-corrected chi connectivity index (χ4v) is 1.68. The van der Waals surface area contributed by atoms with Crippen molar-refractivity contribution in [3.05, 3.63) is 28.8 Å². The molecule has 0 bridgehead atoms. The molecule has 3 N–H and O–H groups in total. The summed E-state index contributed by atoms with van der Waals surface area (Å²) >= 11 is 5.90. The lowest BCUT2D eigenvalue weighted by atomic mass is 9.87. The van der Waals surface area contributed by atoms with Crippen LogP contribution in [0.15, 0.2) is 18.2 Å². The van der Waals surface area contributed by atoms with E-state index in [0.717, 1.165) is 0 Å². The zero-order chi connectivity index (χ0) is 15.5. The van der Waals surface area contributed by atoms with E-state index >= 15 is 0 Å². The van der Waals surface area contributed by atoms with E-state index < -0.39 is 12.0 Å². The number of rotatable bonds is 3. The minimum atomic E-state index is -0.667. The van der Waals surface area contributed by atoms with Gasteiger partial charge in [-0.1, -0.05) is 32.4 Å². The average molecular weight is 299 g/mol. The monoisotopic (exact) mass is 298 g/mol. The Morgan fingerprint density at radius 1 is 1.35 bits per heavy atom. The van der Waals surface area contributed by atoms with Gasteiger partial charge < -0.3 is 15.8 Å². The minimum Gasteiger partial charge on any atom is -0.465 e. The molecule has 0 aliphatic heterocycles. The van der Waals surface area contributed by atoms with Gasteiger partial charge in [0, 0.05) is 5.69 Å². The van der Waals surface area contributed by atoms with Gasteiger partial charge in [0.1, 0.15) is 0 Å². The highest BCUT2D eigenvalue weighted by Crippen LogP contribution is 2.23. The van der Waals surface area contributed by atoms with Gasteiger partial charge >= 0.3 is 5.97 Å². The number of hydrogen-bond acceptors (Lipinski definition) is 4. The van der Waals surface area contributed by atoms with Gasteiger partial charge in [-0.25, -0.2) is 4.79 Å². The molecule has 0 radical (unpaired) electrons. The first-order valence-electron chi connectivity index (χ1n) is 6.11. The van der Waals surface area contributed by atoms with E-state index in [9.17, 15) is 9.59 Å². The Hall–Kier alpha value is -1.59. The molecule has 6 heteroatoms. The van der Waals surface area contributed by atoms with Crippen molar-refractivity contribution in [3.8, 4) is 0 Å². The van der Waals surface area contributed by atoms with E-state index in [-0.39, 0.29) is 21.9 Å². The van der Waals surface area contributed by atoms with Crippen LogP contribution in [0.2, 0.25) is 5.02 Å². The highest BCUT2D eigenvalue weighted by atomic mass is 35.5. The highest BCUT2D eigenvalue weighted by Gasteiger charge is 2.27. The lowest BCUT2D eigenvalue weighted by Gasteiger charge is -2.25. The number of esters is 1. The summed E-state index contributed by atoms with van der Waals surface area (Å²) in [6, 6.07) is 3.91. The molecule has 0 saturated heterocycles. The smallest absolute Gasteiger partial charge is 0.339 e. The van der Waals surface area contributed by atoms with E-state index in [0.29, 0.717) is 5.69 Å². The van der Waals surface area contributed by atoms with Gasteiger partial charge in [0.15, 0.2) is 0 Å². The Morgan fingerprint density at radius 3 is 2.45 bits per heavy atom. The molecule has 1 rings (SSSR count). The van der Waals surface area contributed by atoms with Gasteiger partial charge in [-0.15, -0.1) is 0 Å². The molecule has 0 aliphatic carbocycles. The molecule has 5 nitrogen and oxygen atoms in total. The van der Waals surface area contributed by atoms with Crippen LogP contribution in [0.3, 0.4) is 0 Å². The van der Waals surface area contributed by atoms with Gasteiger partial charge in [0.2, 0.25) is 5.91 Å². The quantitative estimate of drug-likeness (QED) is 0.840. The van der Waals surface area contributed by atoms with Crippen LogP contribution >= 0.6 is 11.6 Å². The van der Waals surface area contributed by atoms with Crippen molar-refractivity contribution in [2.24, 2.45) is 11.1 Å². The van der Waals surface area contributed by atoms with Crippen molar-refractivity contribution in [2.75, 3.05) is 12.4 Å². The standard InChI is InChI=1S/C14H19ClN2O3/c1-14(2,3)11(16)12(18)17-8-5-6-10(15)9(7-8)13(19)20-4/h5-7,11H,16H2,1-4H3,(H,17,18)/t11-/m1/s1. The Kier molecular flexibility index (Phi) is 5.14. The summed E-state index contributed by atoms with van der Waals surface area (Å²) < 4.78 is 4.62. The number of amides is 1. The SMILES string of the molecule is COC(=O)c1cc(NC(=O)[C@@H](N)C(C)(C)C)ccc1Cl. The summed E-state index contributed by atoms with van der Waals surface area (Å²) in [4.78, 5) is 23.5. The second-order valence-electron chi connectivity index (χ2n) is 5.52. The Labute approximate surface area is 123 Å². The molecule has 20 heavy (non-hydrogen) atoms. The van der Waals surface area contributed by atoms with Crippen molar-refractivity contribution in [1.82, 2.24) is 0 Å². The second kappa shape index (κ2) is 6.24. The van der Waals surface area contributed by atoms with E-state index in [2.05, 4.69) is 10.1 Å². The summed E-state index contributed by atoms with van der Waals surface area (Å²) in [5.41, 5.74) is 6.14. The van der Waals surface area contributed by atoms with Crippen LogP contribution in [0.1, 0.15) is 31.1 Å². The number of hydrogen-bond donors (Lipinski definition) is 2.